The molecule has 3 aliphatic heterocycles. The van der Waals surface area contributed by atoms with Crippen LogP contribution in [0.15, 0.2) is 30.3 Å². The lowest BCUT2D eigenvalue weighted by Crippen LogP contribution is -2.61. The fourth-order valence-electron chi connectivity index (χ4n) is 5.86. The number of halogens is 4. The molecule has 0 bridgehead atoms. The Morgan fingerprint density at radius 1 is 0.927 bits per heavy atom. The van der Waals surface area contributed by atoms with Crippen LogP contribution in [0.25, 0.3) is 0 Å². The Kier molecular flexibility index (Phi) is 10.3. The fourth-order valence-corrected chi connectivity index (χ4v) is 6.98. The van der Waals surface area contributed by atoms with Crippen LogP contribution in [0.5, 0.6) is 0 Å². The first-order valence-corrected chi connectivity index (χ1v) is 15.0. The third kappa shape index (κ3) is 6.88. The second-order valence-corrected chi connectivity index (χ2v) is 12.8. The zero-order valence-electron chi connectivity index (χ0n) is 22.7. The van der Waals surface area contributed by atoms with Crippen LogP contribution >= 0.6 is 59.9 Å². The smallest absolute Gasteiger partial charge is 0.258 e. The number of carbonyl (C=O) groups is 2. The van der Waals surface area contributed by atoms with Gasteiger partial charge in [-0.25, -0.2) is 0 Å². The molecule has 2 atom stereocenters. The lowest BCUT2D eigenvalue weighted by Gasteiger charge is -2.48. The van der Waals surface area contributed by atoms with E-state index in [1.54, 1.807) is 34.1 Å². The lowest BCUT2D eigenvalue weighted by atomic mass is 9.92. The van der Waals surface area contributed by atoms with Gasteiger partial charge in [0.1, 0.15) is 0 Å². The van der Waals surface area contributed by atoms with Gasteiger partial charge < -0.3 is 26.0 Å². The molecule has 0 aromatic heterocycles. The number of hydrogen-bond acceptors (Lipinski definition) is 6. The summed E-state index contributed by atoms with van der Waals surface area (Å²) in [5.74, 6) is -0.562. The normalized spacial score (nSPS) is 21.7. The molecular weight excluding hydrogens is 628 g/mol. The van der Waals surface area contributed by atoms with Gasteiger partial charge in [0, 0.05) is 72.6 Å². The Morgan fingerprint density at radius 3 is 2.12 bits per heavy atom. The van der Waals surface area contributed by atoms with Crippen LogP contribution in [-0.2, 0) is 10.4 Å². The Labute approximate surface area is 267 Å². The van der Waals surface area contributed by atoms with Gasteiger partial charge in [-0.15, -0.1) is 0 Å². The first-order valence-electron chi connectivity index (χ1n) is 13.5. The highest BCUT2D eigenvalue weighted by Gasteiger charge is 2.41. The Hall–Kier alpha value is -1.43. The molecule has 8 nitrogen and oxygen atoms in total. The third-order valence-electron chi connectivity index (χ3n) is 8.19. The standard InChI is InChI=1S/C28H33Cl4N5O3.H2S/c1-28(40,21-10-16(29)2-3-22(21)30)27(39)35-8-5-20(6-9-35)37-14-19(15-37)34-18-11-23(31)25(24(32)12-18)26(38)36-7-4-17(33)13-36;/h2-3,10-12,17,19-20,34,40H,4-9,13-15,33H2,1H3;1H2/t17?,28-;/m0./s1. The minimum atomic E-state index is -1.76. The summed E-state index contributed by atoms with van der Waals surface area (Å²) in [4.78, 5) is 31.9. The maximum absolute atomic E-state index is 13.2. The molecule has 41 heavy (non-hydrogen) atoms. The van der Waals surface area contributed by atoms with Crippen molar-refractivity contribution in [1.29, 1.82) is 0 Å². The monoisotopic (exact) mass is 661 g/mol. The molecule has 2 aromatic rings. The van der Waals surface area contributed by atoms with Gasteiger partial charge in [-0.1, -0.05) is 46.4 Å². The van der Waals surface area contributed by atoms with Crippen LogP contribution in [0.4, 0.5) is 5.69 Å². The number of nitrogens with zero attached hydrogens (tertiary/aromatic N) is 3. The number of hydrogen-bond donors (Lipinski definition) is 3. The molecule has 0 spiro atoms. The summed E-state index contributed by atoms with van der Waals surface area (Å²) >= 11 is 25.3. The van der Waals surface area contributed by atoms with Gasteiger partial charge >= 0.3 is 0 Å². The SMILES string of the molecule is C[C@@](O)(C(=O)N1CCC(N2CC(Nc3cc(Cl)c(C(=O)N4CCC(N)C4)c(Cl)c3)C2)CC1)c1cc(Cl)ccc1Cl.S. The van der Waals surface area contributed by atoms with Gasteiger partial charge in [-0.05, 0) is 56.5 Å². The molecule has 0 aliphatic carbocycles. The van der Waals surface area contributed by atoms with E-state index >= 15 is 0 Å². The van der Waals surface area contributed by atoms with E-state index in [9.17, 15) is 14.7 Å². The summed E-state index contributed by atoms with van der Waals surface area (Å²) in [5, 5.41) is 15.9. The van der Waals surface area contributed by atoms with E-state index < -0.39 is 5.60 Å². The van der Waals surface area contributed by atoms with Gasteiger partial charge in [0.05, 0.1) is 21.7 Å². The maximum atomic E-state index is 13.2. The number of anilines is 1. The van der Waals surface area contributed by atoms with E-state index in [4.69, 9.17) is 52.1 Å². The summed E-state index contributed by atoms with van der Waals surface area (Å²) in [6.07, 6.45) is 2.39. The highest BCUT2D eigenvalue weighted by molar-refractivity contribution is 7.59. The molecule has 3 heterocycles. The molecule has 3 saturated heterocycles. The largest absolute Gasteiger partial charge is 0.380 e. The van der Waals surface area contributed by atoms with Crippen molar-refractivity contribution >= 4 is 77.4 Å². The average molecular weight is 663 g/mol. The minimum Gasteiger partial charge on any atom is -0.380 e. The van der Waals surface area contributed by atoms with Crippen LogP contribution in [0.2, 0.25) is 20.1 Å². The summed E-state index contributed by atoms with van der Waals surface area (Å²) in [6, 6.07) is 8.80. The Bertz CT molecular complexity index is 1280. The molecule has 3 fully saturated rings. The van der Waals surface area contributed by atoms with Crippen LogP contribution in [-0.4, -0.2) is 89.0 Å². The van der Waals surface area contributed by atoms with Gasteiger partial charge in [0.25, 0.3) is 11.8 Å². The van der Waals surface area contributed by atoms with Crippen molar-refractivity contribution in [1.82, 2.24) is 14.7 Å². The number of rotatable bonds is 6. The third-order valence-corrected chi connectivity index (χ3v) is 9.35. The quantitative estimate of drug-likeness (QED) is 0.419. The van der Waals surface area contributed by atoms with E-state index in [-0.39, 0.29) is 37.4 Å². The number of carbonyl (C=O) groups excluding carboxylic acids is 2. The van der Waals surface area contributed by atoms with Crippen molar-refractivity contribution in [2.75, 3.05) is 44.6 Å². The number of nitrogens with one attached hydrogen (secondary N) is 1. The van der Waals surface area contributed by atoms with Crippen molar-refractivity contribution in [3.05, 3.63) is 61.5 Å². The second kappa shape index (κ2) is 13.1. The van der Waals surface area contributed by atoms with E-state index in [1.807, 2.05) is 0 Å². The minimum absolute atomic E-state index is 0. The van der Waals surface area contributed by atoms with Crippen LogP contribution in [0.3, 0.4) is 0 Å². The van der Waals surface area contributed by atoms with Crippen molar-refractivity contribution in [3.8, 4) is 0 Å². The number of likely N-dealkylation sites (tertiary alicyclic amines) is 3. The molecule has 0 saturated carbocycles. The second-order valence-electron chi connectivity index (χ2n) is 11.1. The first-order chi connectivity index (χ1) is 18.9. The van der Waals surface area contributed by atoms with E-state index in [0.29, 0.717) is 63.4 Å². The Morgan fingerprint density at radius 2 is 1.54 bits per heavy atom. The predicted molar refractivity (Wildman–Crippen MR) is 170 cm³/mol. The van der Waals surface area contributed by atoms with Gasteiger partial charge in [0.15, 0.2) is 5.60 Å². The number of piperidine rings is 1. The lowest BCUT2D eigenvalue weighted by molar-refractivity contribution is -0.152. The zero-order chi connectivity index (χ0) is 28.8. The number of aliphatic hydroxyl groups is 1. The molecule has 3 aliphatic rings. The molecule has 2 amide bonds. The Balaban J connectivity index is 0.00000387. The molecule has 4 N–H and O–H groups in total. The zero-order valence-corrected chi connectivity index (χ0v) is 26.7. The summed E-state index contributed by atoms with van der Waals surface area (Å²) in [5.41, 5.74) is 5.58. The van der Waals surface area contributed by atoms with Crippen molar-refractivity contribution in [2.45, 2.75) is 49.9 Å². The molecule has 224 valence electrons. The van der Waals surface area contributed by atoms with Crippen molar-refractivity contribution in [2.24, 2.45) is 5.73 Å². The van der Waals surface area contributed by atoms with Crippen LogP contribution < -0.4 is 11.1 Å². The average Bonchev–Trinajstić information content (AvgIpc) is 3.33. The van der Waals surface area contributed by atoms with Gasteiger partial charge in [0.2, 0.25) is 0 Å². The highest BCUT2D eigenvalue weighted by Crippen LogP contribution is 2.35. The summed E-state index contributed by atoms with van der Waals surface area (Å²) in [6.45, 7) is 5.36. The number of amides is 2. The molecule has 5 rings (SSSR count). The molecule has 2 aromatic carbocycles. The molecule has 13 heteroatoms. The van der Waals surface area contributed by atoms with E-state index in [0.717, 1.165) is 38.0 Å². The van der Waals surface area contributed by atoms with Crippen LogP contribution in [0, 0.1) is 0 Å². The number of benzene rings is 2. The summed E-state index contributed by atoms with van der Waals surface area (Å²) in [7, 11) is 0. The van der Waals surface area contributed by atoms with E-state index in [1.165, 1.54) is 13.0 Å². The topological polar surface area (TPSA) is 102 Å². The summed E-state index contributed by atoms with van der Waals surface area (Å²) < 4.78 is 0. The first kappa shape index (κ1) is 32.5. The van der Waals surface area contributed by atoms with Crippen LogP contribution in [0.1, 0.15) is 42.1 Å². The van der Waals surface area contributed by atoms with Crippen molar-refractivity contribution < 1.29 is 14.7 Å². The molecular formula is C28H35Cl4N5O3S. The van der Waals surface area contributed by atoms with Crippen molar-refractivity contribution in [3.63, 3.8) is 0 Å². The predicted octanol–water partition coefficient (Wildman–Crippen LogP) is 4.58. The highest BCUT2D eigenvalue weighted by atomic mass is 35.5. The molecule has 0 radical (unpaired) electrons. The fraction of sp³-hybridized carbons (Fsp3) is 0.500. The van der Waals surface area contributed by atoms with E-state index in [2.05, 4.69) is 10.2 Å². The number of nitrogens with two attached hydrogens (primary N) is 1. The molecule has 1 unspecified atom stereocenters. The van der Waals surface area contributed by atoms with Gasteiger partial charge in [-0.2, -0.15) is 13.5 Å². The maximum Gasteiger partial charge on any atom is 0.258 e. The van der Waals surface area contributed by atoms with Gasteiger partial charge in [-0.3, -0.25) is 14.5 Å².